The van der Waals surface area contributed by atoms with E-state index in [1.807, 2.05) is 6.07 Å². The minimum Gasteiger partial charge on any atom is -0.347 e. The molecule has 8 heteroatoms. The quantitative estimate of drug-likeness (QED) is 0.845. The molecule has 0 aliphatic carbocycles. The third kappa shape index (κ3) is 5.34. The number of pyridine rings is 1. The number of rotatable bonds is 4. The summed E-state index contributed by atoms with van der Waals surface area (Å²) in [6, 6.07) is 10.4. The Bertz CT molecular complexity index is 899. The first-order valence-corrected chi connectivity index (χ1v) is 9.41. The van der Waals surface area contributed by atoms with Gasteiger partial charge in [0.05, 0.1) is 17.8 Å². The molecule has 1 aromatic carbocycles. The number of likely N-dealkylation sites (tertiary alicyclic amines) is 1. The highest BCUT2D eigenvalue weighted by atomic mass is 19.4. The second-order valence-corrected chi connectivity index (χ2v) is 7.11. The molecule has 1 aliphatic rings. The van der Waals surface area contributed by atoms with E-state index >= 15 is 0 Å². The predicted molar refractivity (Wildman–Crippen MR) is 102 cm³/mol. The highest BCUT2D eigenvalue weighted by Crippen LogP contribution is 2.32. The van der Waals surface area contributed by atoms with Crippen LogP contribution in [0.1, 0.15) is 36.9 Å². The molecular weight excluding hydrogens is 383 g/mol. The summed E-state index contributed by atoms with van der Waals surface area (Å²) in [6.07, 6.45) is -2.78. The van der Waals surface area contributed by atoms with E-state index in [0.717, 1.165) is 30.7 Å². The first kappa shape index (κ1) is 20.8. The monoisotopic (exact) mass is 405 g/mol. The summed E-state index contributed by atoms with van der Waals surface area (Å²) >= 11 is 0. The van der Waals surface area contributed by atoms with Gasteiger partial charge in [0, 0.05) is 37.2 Å². The molecule has 2 amide bonds. The summed E-state index contributed by atoms with van der Waals surface area (Å²) in [5.74, 6) is -0.419. The van der Waals surface area contributed by atoms with Gasteiger partial charge in [-0.15, -0.1) is 0 Å². The van der Waals surface area contributed by atoms with Crippen LogP contribution in [0.4, 0.5) is 13.2 Å². The van der Waals surface area contributed by atoms with Gasteiger partial charge < -0.3 is 10.2 Å². The number of hydrogen-bond donors (Lipinski definition) is 1. The highest BCUT2D eigenvalue weighted by molar-refractivity contribution is 5.83. The number of amides is 2. The summed E-state index contributed by atoms with van der Waals surface area (Å²) < 4.78 is 39.0. The van der Waals surface area contributed by atoms with Gasteiger partial charge in [0.1, 0.15) is 0 Å². The van der Waals surface area contributed by atoms with Crippen molar-refractivity contribution in [1.29, 1.82) is 0 Å². The number of benzene rings is 1. The van der Waals surface area contributed by atoms with Crippen molar-refractivity contribution in [2.24, 2.45) is 0 Å². The van der Waals surface area contributed by atoms with Gasteiger partial charge in [-0.05, 0) is 37.1 Å². The third-order valence-electron chi connectivity index (χ3n) is 4.94. The van der Waals surface area contributed by atoms with Crippen LogP contribution in [0.2, 0.25) is 0 Å². The Morgan fingerprint density at radius 2 is 1.97 bits per heavy atom. The maximum absolute atomic E-state index is 13.0. The van der Waals surface area contributed by atoms with Crippen LogP contribution in [0.5, 0.6) is 0 Å². The van der Waals surface area contributed by atoms with Crippen molar-refractivity contribution in [3.63, 3.8) is 0 Å². The molecule has 1 saturated heterocycles. The van der Waals surface area contributed by atoms with E-state index < -0.39 is 11.7 Å². The van der Waals surface area contributed by atoms with Gasteiger partial charge in [-0.3, -0.25) is 14.6 Å². The molecule has 1 N–H and O–H groups in total. The van der Waals surface area contributed by atoms with E-state index in [9.17, 15) is 22.8 Å². The molecule has 1 aromatic heterocycles. The Hall–Kier alpha value is -2.90. The van der Waals surface area contributed by atoms with Crippen molar-refractivity contribution < 1.29 is 22.8 Å². The van der Waals surface area contributed by atoms with Crippen LogP contribution in [0.15, 0.2) is 42.5 Å². The molecule has 0 saturated carbocycles. The van der Waals surface area contributed by atoms with Gasteiger partial charge in [-0.1, -0.05) is 18.2 Å². The number of halogens is 3. The Kier molecular flexibility index (Phi) is 6.20. The summed E-state index contributed by atoms with van der Waals surface area (Å²) in [5.41, 5.74) is 0.901. The van der Waals surface area contributed by atoms with E-state index in [2.05, 4.69) is 10.3 Å². The SMILES string of the molecule is CC(=O)NCC(=O)N1CCC[C@H](c2cccc(-c3cccc(C(F)(F)F)c3)n2)C1. The number of alkyl halides is 3. The van der Waals surface area contributed by atoms with Crippen molar-refractivity contribution >= 4 is 11.8 Å². The molecule has 3 rings (SSSR count). The van der Waals surface area contributed by atoms with E-state index in [4.69, 9.17) is 0 Å². The van der Waals surface area contributed by atoms with Gasteiger partial charge >= 0.3 is 6.18 Å². The van der Waals surface area contributed by atoms with Gasteiger partial charge in [-0.2, -0.15) is 13.2 Å². The predicted octanol–water partition coefficient (Wildman–Crippen LogP) is 3.61. The first-order chi connectivity index (χ1) is 13.7. The Morgan fingerprint density at radius 1 is 1.21 bits per heavy atom. The Balaban J connectivity index is 1.77. The average molecular weight is 405 g/mol. The van der Waals surface area contributed by atoms with Gasteiger partial charge in [0.15, 0.2) is 0 Å². The largest absolute Gasteiger partial charge is 0.416 e. The minimum atomic E-state index is -4.41. The lowest BCUT2D eigenvalue weighted by atomic mass is 9.93. The third-order valence-corrected chi connectivity index (χ3v) is 4.94. The molecule has 1 aliphatic heterocycles. The summed E-state index contributed by atoms with van der Waals surface area (Å²) in [5, 5.41) is 2.51. The fourth-order valence-electron chi connectivity index (χ4n) is 3.45. The standard InChI is InChI=1S/C21H22F3N3O2/c1-14(28)25-12-20(29)27-10-4-6-16(13-27)19-9-3-8-18(26-19)15-5-2-7-17(11-15)21(22,23)24/h2-3,5,7-9,11,16H,4,6,10,12-13H2,1H3,(H,25,28)/t16-/m0/s1. The Labute approximate surface area is 166 Å². The minimum absolute atomic E-state index is 0.00391. The van der Waals surface area contributed by atoms with Gasteiger partial charge in [-0.25, -0.2) is 0 Å². The molecule has 154 valence electrons. The lowest BCUT2D eigenvalue weighted by molar-refractivity contribution is -0.137. The number of carbonyl (C=O) groups is 2. The zero-order valence-electron chi connectivity index (χ0n) is 16.0. The lowest BCUT2D eigenvalue weighted by Gasteiger charge is -2.32. The van der Waals surface area contributed by atoms with Crippen LogP contribution in [0, 0.1) is 0 Å². The average Bonchev–Trinajstić information content (AvgIpc) is 2.71. The van der Waals surface area contributed by atoms with Gasteiger partial charge in [0.25, 0.3) is 0 Å². The zero-order valence-corrected chi connectivity index (χ0v) is 16.0. The fourth-order valence-corrected chi connectivity index (χ4v) is 3.45. The van der Waals surface area contributed by atoms with Crippen LogP contribution < -0.4 is 5.32 Å². The number of aromatic nitrogens is 1. The van der Waals surface area contributed by atoms with Crippen molar-refractivity contribution in [3.05, 3.63) is 53.7 Å². The second-order valence-electron chi connectivity index (χ2n) is 7.11. The van der Waals surface area contributed by atoms with Crippen LogP contribution >= 0.6 is 0 Å². The number of nitrogens with zero attached hydrogens (tertiary/aromatic N) is 2. The molecule has 2 heterocycles. The smallest absolute Gasteiger partial charge is 0.347 e. The van der Waals surface area contributed by atoms with E-state index in [-0.39, 0.29) is 24.3 Å². The van der Waals surface area contributed by atoms with Crippen LogP contribution in [-0.2, 0) is 15.8 Å². The molecule has 2 aromatic rings. The topological polar surface area (TPSA) is 62.3 Å². The number of piperidine rings is 1. The molecule has 5 nitrogen and oxygen atoms in total. The Morgan fingerprint density at radius 3 is 2.69 bits per heavy atom. The van der Waals surface area contributed by atoms with E-state index in [1.165, 1.54) is 13.0 Å². The maximum Gasteiger partial charge on any atom is 0.416 e. The van der Waals surface area contributed by atoms with Crippen LogP contribution in [-0.4, -0.2) is 41.3 Å². The number of carbonyl (C=O) groups excluding carboxylic acids is 2. The van der Waals surface area contributed by atoms with Crippen molar-refractivity contribution in [2.75, 3.05) is 19.6 Å². The van der Waals surface area contributed by atoms with E-state index in [0.29, 0.717) is 24.3 Å². The summed E-state index contributed by atoms with van der Waals surface area (Å²) in [6.45, 7) is 2.40. The second kappa shape index (κ2) is 8.63. The molecule has 0 radical (unpaired) electrons. The lowest BCUT2D eigenvalue weighted by Crippen LogP contribution is -2.44. The molecule has 0 spiro atoms. The normalized spacial score (nSPS) is 17.1. The summed E-state index contributed by atoms with van der Waals surface area (Å²) in [7, 11) is 0. The van der Waals surface area contributed by atoms with Crippen LogP contribution in [0.25, 0.3) is 11.3 Å². The molecule has 1 atom stereocenters. The highest BCUT2D eigenvalue weighted by Gasteiger charge is 2.30. The molecule has 1 fully saturated rings. The molecular formula is C21H22F3N3O2. The molecule has 0 bridgehead atoms. The summed E-state index contributed by atoms with van der Waals surface area (Å²) in [4.78, 5) is 29.6. The number of nitrogens with one attached hydrogen (secondary N) is 1. The zero-order chi connectivity index (χ0) is 21.0. The first-order valence-electron chi connectivity index (χ1n) is 9.41. The van der Waals surface area contributed by atoms with Crippen molar-refractivity contribution in [3.8, 4) is 11.3 Å². The van der Waals surface area contributed by atoms with E-state index in [1.54, 1.807) is 23.1 Å². The maximum atomic E-state index is 13.0. The number of hydrogen-bond acceptors (Lipinski definition) is 3. The fraction of sp³-hybridized carbons (Fsp3) is 0.381. The van der Waals surface area contributed by atoms with Crippen molar-refractivity contribution in [2.45, 2.75) is 31.9 Å². The van der Waals surface area contributed by atoms with Crippen LogP contribution in [0.3, 0.4) is 0 Å². The molecule has 29 heavy (non-hydrogen) atoms. The molecule has 0 unspecified atom stereocenters. The van der Waals surface area contributed by atoms with Crippen molar-refractivity contribution in [1.82, 2.24) is 15.2 Å². The van der Waals surface area contributed by atoms with Gasteiger partial charge in [0.2, 0.25) is 11.8 Å².